The molecule has 2 N–H and O–H groups in total. The monoisotopic (exact) mass is 284 g/mol. The zero-order valence-corrected chi connectivity index (χ0v) is 11.3. The largest absolute Gasteiger partial charge is 0.481 e. The first-order valence-electron chi connectivity index (χ1n) is 7.02. The molecular weight excluding hydrogens is 264 g/mol. The molecule has 0 aromatic carbocycles. The number of morpholine rings is 1. The molecule has 2 unspecified atom stereocenters. The molecule has 1 aliphatic heterocycles. The van der Waals surface area contributed by atoms with Crippen molar-refractivity contribution in [2.45, 2.75) is 50.7 Å². The van der Waals surface area contributed by atoms with Crippen molar-refractivity contribution in [3.63, 3.8) is 0 Å². The van der Waals surface area contributed by atoms with Gasteiger partial charge in [-0.25, -0.2) is 4.79 Å². The van der Waals surface area contributed by atoms with Crippen molar-refractivity contribution < 1.29 is 24.2 Å². The van der Waals surface area contributed by atoms with E-state index in [2.05, 4.69) is 5.32 Å². The molecular formula is C13H20N2O5. The highest BCUT2D eigenvalue weighted by Gasteiger charge is 2.38. The van der Waals surface area contributed by atoms with Crippen molar-refractivity contribution in [2.75, 3.05) is 13.2 Å². The van der Waals surface area contributed by atoms with Crippen LogP contribution in [0.3, 0.4) is 0 Å². The quantitative estimate of drug-likeness (QED) is 0.793. The summed E-state index contributed by atoms with van der Waals surface area (Å²) in [7, 11) is 0. The van der Waals surface area contributed by atoms with Crippen LogP contribution in [-0.2, 0) is 14.3 Å². The van der Waals surface area contributed by atoms with Gasteiger partial charge in [0.25, 0.3) is 0 Å². The lowest BCUT2D eigenvalue weighted by atomic mass is 10.1. The average Bonchev–Trinajstić information content (AvgIpc) is 2.85. The molecule has 1 saturated carbocycles. The highest BCUT2D eigenvalue weighted by atomic mass is 16.5. The van der Waals surface area contributed by atoms with E-state index in [-0.39, 0.29) is 37.4 Å². The molecule has 2 rings (SSSR count). The van der Waals surface area contributed by atoms with Crippen LogP contribution >= 0.6 is 0 Å². The van der Waals surface area contributed by atoms with Crippen LogP contribution in [0, 0.1) is 0 Å². The van der Waals surface area contributed by atoms with Crippen molar-refractivity contribution in [2.24, 2.45) is 0 Å². The SMILES string of the molecule is O=C(O)CCCC(=O)NC(=O)N1CCOC2CCCC21. The zero-order chi connectivity index (χ0) is 14.5. The van der Waals surface area contributed by atoms with Gasteiger partial charge in [-0.1, -0.05) is 0 Å². The van der Waals surface area contributed by atoms with Crippen LogP contribution in [-0.4, -0.2) is 53.2 Å². The van der Waals surface area contributed by atoms with E-state index in [1.807, 2.05) is 0 Å². The topological polar surface area (TPSA) is 95.9 Å². The molecule has 0 aromatic rings. The Bertz CT molecular complexity index is 398. The van der Waals surface area contributed by atoms with Gasteiger partial charge < -0.3 is 14.7 Å². The lowest BCUT2D eigenvalue weighted by Gasteiger charge is -2.37. The Hall–Kier alpha value is -1.63. The number of imide groups is 1. The van der Waals surface area contributed by atoms with Crippen molar-refractivity contribution in [1.82, 2.24) is 10.2 Å². The molecule has 1 heterocycles. The third-order valence-corrected chi connectivity index (χ3v) is 3.78. The van der Waals surface area contributed by atoms with E-state index >= 15 is 0 Å². The van der Waals surface area contributed by atoms with Crippen molar-refractivity contribution in [3.05, 3.63) is 0 Å². The van der Waals surface area contributed by atoms with Crippen LogP contribution in [0.4, 0.5) is 4.79 Å². The van der Waals surface area contributed by atoms with E-state index in [0.717, 1.165) is 19.3 Å². The highest BCUT2D eigenvalue weighted by Crippen LogP contribution is 2.29. The van der Waals surface area contributed by atoms with Crippen molar-refractivity contribution in [1.29, 1.82) is 0 Å². The molecule has 1 aliphatic carbocycles. The Morgan fingerprint density at radius 3 is 2.80 bits per heavy atom. The van der Waals surface area contributed by atoms with Crippen LogP contribution in [0.25, 0.3) is 0 Å². The van der Waals surface area contributed by atoms with Crippen LogP contribution in [0.5, 0.6) is 0 Å². The number of nitrogens with one attached hydrogen (secondary N) is 1. The van der Waals surface area contributed by atoms with Crippen LogP contribution in [0.1, 0.15) is 38.5 Å². The van der Waals surface area contributed by atoms with E-state index in [4.69, 9.17) is 9.84 Å². The smallest absolute Gasteiger partial charge is 0.324 e. The number of carboxylic acids is 1. The zero-order valence-electron chi connectivity index (χ0n) is 11.3. The summed E-state index contributed by atoms with van der Waals surface area (Å²) in [5.74, 6) is -1.36. The number of hydrogen-bond acceptors (Lipinski definition) is 4. The molecule has 7 heteroatoms. The van der Waals surface area contributed by atoms with Gasteiger partial charge in [-0.05, 0) is 25.7 Å². The van der Waals surface area contributed by atoms with Gasteiger partial charge >= 0.3 is 12.0 Å². The number of rotatable bonds is 4. The standard InChI is InChI=1S/C13H20N2O5/c16-11(5-2-6-12(17)18)14-13(19)15-7-8-20-10-4-1-3-9(10)15/h9-10H,1-8H2,(H,17,18)(H,14,16,19). The third kappa shape index (κ3) is 3.69. The van der Waals surface area contributed by atoms with Gasteiger partial charge in [0, 0.05) is 19.4 Å². The molecule has 2 fully saturated rings. The summed E-state index contributed by atoms with van der Waals surface area (Å²) >= 11 is 0. The van der Waals surface area contributed by atoms with Gasteiger partial charge in [-0.15, -0.1) is 0 Å². The highest BCUT2D eigenvalue weighted by molar-refractivity contribution is 5.94. The second-order valence-electron chi connectivity index (χ2n) is 5.20. The number of amides is 3. The summed E-state index contributed by atoms with van der Waals surface area (Å²) in [6.45, 7) is 0.997. The summed E-state index contributed by atoms with van der Waals surface area (Å²) in [5, 5.41) is 10.8. The number of aliphatic carboxylic acids is 1. The first-order chi connectivity index (χ1) is 9.58. The Morgan fingerprint density at radius 1 is 1.25 bits per heavy atom. The van der Waals surface area contributed by atoms with E-state index in [1.54, 1.807) is 4.90 Å². The summed E-state index contributed by atoms with van der Waals surface area (Å²) in [6.07, 6.45) is 3.22. The average molecular weight is 284 g/mol. The van der Waals surface area contributed by atoms with E-state index in [0.29, 0.717) is 13.2 Å². The van der Waals surface area contributed by atoms with Gasteiger partial charge in [0.1, 0.15) is 0 Å². The normalized spacial score (nSPS) is 25.1. The first kappa shape index (κ1) is 14.8. The van der Waals surface area contributed by atoms with Crippen molar-refractivity contribution in [3.8, 4) is 0 Å². The Kier molecular flexibility index (Phi) is 4.94. The van der Waals surface area contributed by atoms with E-state index in [1.165, 1.54) is 0 Å². The van der Waals surface area contributed by atoms with E-state index in [9.17, 15) is 14.4 Å². The molecule has 3 amide bonds. The lowest BCUT2D eigenvalue weighted by Crippen LogP contribution is -2.55. The number of ether oxygens (including phenoxy) is 1. The number of nitrogens with zero attached hydrogens (tertiary/aromatic N) is 1. The summed E-state index contributed by atoms with van der Waals surface area (Å²) in [6, 6.07) is -0.318. The third-order valence-electron chi connectivity index (χ3n) is 3.78. The molecule has 2 atom stereocenters. The number of urea groups is 1. The maximum atomic E-state index is 12.1. The molecule has 112 valence electrons. The molecule has 7 nitrogen and oxygen atoms in total. The van der Waals surface area contributed by atoms with Gasteiger partial charge in [0.15, 0.2) is 0 Å². The molecule has 2 aliphatic rings. The fraction of sp³-hybridized carbons (Fsp3) is 0.769. The van der Waals surface area contributed by atoms with Crippen LogP contribution in [0.15, 0.2) is 0 Å². The molecule has 0 radical (unpaired) electrons. The maximum absolute atomic E-state index is 12.1. The van der Waals surface area contributed by atoms with E-state index < -0.39 is 11.9 Å². The number of carbonyl (C=O) groups excluding carboxylic acids is 2. The molecule has 0 aromatic heterocycles. The van der Waals surface area contributed by atoms with Gasteiger partial charge in [-0.2, -0.15) is 0 Å². The van der Waals surface area contributed by atoms with Crippen molar-refractivity contribution >= 4 is 17.9 Å². The number of carboxylic acid groups (broad SMARTS) is 1. The van der Waals surface area contributed by atoms with Crippen LogP contribution < -0.4 is 5.32 Å². The molecule has 0 spiro atoms. The molecule has 1 saturated heterocycles. The fourth-order valence-corrected chi connectivity index (χ4v) is 2.83. The van der Waals surface area contributed by atoms with Gasteiger partial charge in [0.05, 0.1) is 18.8 Å². The van der Waals surface area contributed by atoms with Gasteiger partial charge in [0.2, 0.25) is 5.91 Å². The minimum Gasteiger partial charge on any atom is -0.481 e. The Morgan fingerprint density at radius 2 is 2.05 bits per heavy atom. The summed E-state index contributed by atoms with van der Waals surface area (Å²) in [5.41, 5.74) is 0. The van der Waals surface area contributed by atoms with Gasteiger partial charge in [-0.3, -0.25) is 14.9 Å². The summed E-state index contributed by atoms with van der Waals surface area (Å²) < 4.78 is 5.61. The number of carbonyl (C=O) groups is 3. The Balaban J connectivity index is 1.78. The fourth-order valence-electron chi connectivity index (χ4n) is 2.83. The predicted molar refractivity (Wildman–Crippen MR) is 69.1 cm³/mol. The molecule has 0 bridgehead atoms. The lowest BCUT2D eigenvalue weighted by molar-refractivity contribution is -0.137. The minimum atomic E-state index is -0.939. The Labute approximate surface area is 117 Å². The summed E-state index contributed by atoms with van der Waals surface area (Å²) in [4.78, 5) is 35.7. The predicted octanol–water partition coefficient (Wildman–Crippen LogP) is 0.731. The number of hydrogen-bond donors (Lipinski definition) is 2. The minimum absolute atomic E-state index is 0.0521. The molecule has 20 heavy (non-hydrogen) atoms. The first-order valence-corrected chi connectivity index (χ1v) is 7.02. The maximum Gasteiger partial charge on any atom is 0.324 e. The van der Waals surface area contributed by atoms with Crippen LogP contribution in [0.2, 0.25) is 0 Å². The second-order valence-corrected chi connectivity index (χ2v) is 5.20. The second kappa shape index (κ2) is 6.69. The number of fused-ring (bicyclic) bond motifs is 1.